The number of nitrogens with zero attached hydrogens (tertiary/aromatic N) is 3. The number of guanidine groups is 1. The molecule has 0 radical (unpaired) electrons. The van der Waals surface area contributed by atoms with Gasteiger partial charge in [-0.05, 0) is 44.0 Å². The first-order chi connectivity index (χ1) is 14.1. The molecule has 1 aromatic carbocycles. The van der Waals surface area contributed by atoms with Crippen LogP contribution in [-0.4, -0.2) is 43.2 Å². The molecule has 1 atom stereocenters. The van der Waals surface area contributed by atoms with Crippen LogP contribution in [0.25, 0.3) is 0 Å². The molecule has 1 aromatic heterocycles. The third-order valence-corrected chi connectivity index (χ3v) is 4.64. The lowest BCUT2D eigenvalue weighted by atomic mass is 10.2. The van der Waals surface area contributed by atoms with Crippen molar-refractivity contribution in [1.29, 1.82) is 0 Å². The van der Waals surface area contributed by atoms with E-state index < -0.39 is 11.6 Å². The molecule has 0 aliphatic carbocycles. The van der Waals surface area contributed by atoms with Gasteiger partial charge in [0.2, 0.25) is 5.88 Å². The van der Waals surface area contributed by atoms with E-state index in [4.69, 9.17) is 4.74 Å². The van der Waals surface area contributed by atoms with Crippen molar-refractivity contribution in [1.82, 2.24) is 15.6 Å². The van der Waals surface area contributed by atoms with Crippen LogP contribution in [0.15, 0.2) is 41.5 Å². The van der Waals surface area contributed by atoms with Gasteiger partial charge in [0.05, 0.1) is 13.2 Å². The van der Waals surface area contributed by atoms with E-state index in [2.05, 4.69) is 20.6 Å². The van der Waals surface area contributed by atoms with Gasteiger partial charge in [-0.3, -0.25) is 0 Å². The van der Waals surface area contributed by atoms with Gasteiger partial charge in [0, 0.05) is 37.9 Å². The molecule has 2 aromatic rings. The predicted molar refractivity (Wildman–Crippen MR) is 110 cm³/mol. The molecule has 1 aliphatic rings. The Kier molecular flexibility index (Phi) is 7.21. The molecule has 1 aliphatic heterocycles. The molecule has 1 unspecified atom stereocenters. The van der Waals surface area contributed by atoms with Crippen LogP contribution >= 0.6 is 0 Å². The highest BCUT2D eigenvalue weighted by molar-refractivity contribution is 5.80. The average molecular weight is 403 g/mol. The monoisotopic (exact) mass is 403 g/mol. The minimum Gasteiger partial charge on any atom is -0.478 e. The number of aliphatic imine (C=N–C) groups is 1. The lowest BCUT2D eigenvalue weighted by molar-refractivity contribution is 0.326. The summed E-state index contributed by atoms with van der Waals surface area (Å²) >= 11 is 0. The molecule has 2 N–H and O–H groups in total. The van der Waals surface area contributed by atoms with Crippen LogP contribution in [0.2, 0.25) is 0 Å². The number of hydrogen-bond donors (Lipinski definition) is 2. The molecule has 1 saturated heterocycles. The molecule has 2 heterocycles. The summed E-state index contributed by atoms with van der Waals surface area (Å²) in [6.45, 7) is 6.74. The topological polar surface area (TPSA) is 61.8 Å². The van der Waals surface area contributed by atoms with E-state index in [1.165, 1.54) is 18.2 Å². The van der Waals surface area contributed by atoms with E-state index >= 15 is 0 Å². The summed E-state index contributed by atoms with van der Waals surface area (Å²) in [6, 6.07) is 7.77. The van der Waals surface area contributed by atoms with Crippen molar-refractivity contribution in [3.05, 3.63) is 53.7 Å². The zero-order chi connectivity index (χ0) is 20.6. The molecule has 29 heavy (non-hydrogen) atoms. The number of nitrogens with one attached hydrogen (secondary N) is 2. The maximum atomic E-state index is 14.1. The molecule has 0 amide bonds. The van der Waals surface area contributed by atoms with Gasteiger partial charge < -0.3 is 20.3 Å². The summed E-state index contributed by atoms with van der Waals surface area (Å²) in [6.07, 6.45) is 2.47. The second-order valence-electron chi connectivity index (χ2n) is 6.78. The quantitative estimate of drug-likeness (QED) is 0.550. The lowest BCUT2D eigenvalue weighted by Gasteiger charge is -2.21. The maximum Gasteiger partial charge on any atom is 0.213 e. The van der Waals surface area contributed by atoms with Gasteiger partial charge in [-0.15, -0.1) is 0 Å². The highest BCUT2D eigenvalue weighted by atomic mass is 19.1. The van der Waals surface area contributed by atoms with E-state index in [0.717, 1.165) is 12.0 Å². The molecule has 156 valence electrons. The molecule has 8 heteroatoms. The molecular formula is C21H27F2N5O. The van der Waals surface area contributed by atoms with Crippen LogP contribution in [0.4, 0.5) is 14.5 Å². The summed E-state index contributed by atoms with van der Waals surface area (Å²) in [5.41, 5.74) is 1.03. The van der Waals surface area contributed by atoms with Gasteiger partial charge in [0.25, 0.3) is 0 Å². The van der Waals surface area contributed by atoms with Crippen molar-refractivity contribution >= 4 is 11.6 Å². The van der Waals surface area contributed by atoms with Crippen LogP contribution in [0.5, 0.6) is 5.88 Å². The van der Waals surface area contributed by atoms with Crippen molar-refractivity contribution < 1.29 is 13.5 Å². The van der Waals surface area contributed by atoms with Gasteiger partial charge in [-0.1, -0.05) is 6.07 Å². The highest BCUT2D eigenvalue weighted by Crippen LogP contribution is 2.26. The Morgan fingerprint density at radius 3 is 2.79 bits per heavy atom. The van der Waals surface area contributed by atoms with E-state index in [-0.39, 0.29) is 11.7 Å². The number of halogens is 2. The SMILES string of the molecule is CCNC(=NCc1ccnc(OCC)c1)NC1CCN(c2c(F)cccc2F)C1. The van der Waals surface area contributed by atoms with Crippen LogP contribution < -0.4 is 20.3 Å². The summed E-state index contributed by atoms with van der Waals surface area (Å²) < 4.78 is 33.5. The molecule has 0 spiro atoms. The Balaban J connectivity index is 1.63. The molecule has 1 fully saturated rings. The molecular weight excluding hydrogens is 376 g/mol. The summed E-state index contributed by atoms with van der Waals surface area (Å²) in [4.78, 5) is 10.5. The summed E-state index contributed by atoms with van der Waals surface area (Å²) in [5.74, 6) is 0.183. The van der Waals surface area contributed by atoms with Gasteiger partial charge in [-0.25, -0.2) is 18.8 Å². The first-order valence-corrected chi connectivity index (χ1v) is 9.92. The van der Waals surface area contributed by atoms with Crippen molar-refractivity contribution in [2.75, 3.05) is 31.1 Å². The fourth-order valence-corrected chi connectivity index (χ4v) is 3.33. The predicted octanol–water partition coefficient (Wildman–Crippen LogP) is 3.09. The van der Waals surface area contributed by atoms with E-state index in [1.807, 2.05) is 26.0 Å². The van der Waals surface area contributed by atoms with Crippen LogP contribution in [0, 0.1) is 11.6 Å². The molecule has 0 saturated carbocycles. The highest BCUT2D eigenvalue weighted by Gasteiger charge is 2.27. The first kappa shape index (κ1) is 20.8. The molecule has 6 nitrogen and oxygen atoms in total. The van der Waals surface area contributed by atoms with E-state index in [9.17, 15) is 8.78 Å². The average Bonchev–Trinajstić information content (AvgIpc) is 3.15. The molecule has 0 bridgehead atoms. The maximum absolute atomic E-state index is 14.1. The largest absolute Gasteiger partial charge is 0.478 e. The van der Waals surface area contributed by atoms with Crippen molar-refractivity contribution in [2.24, 2.45) is 4.99 Å². The minimum absolute atomic E-state index is 0.0407. The second-order valence-corrected chi connectivity index (χ2v) is 6.78. The summed E-state index contributed by atoms with van der Waals surface area (Å²) in [7, 11) is 0. The Morgan fingerprint density at radius 2 is 2.07 bits per heavy atom. The number of hydrogen-bond acceptors (Lipinski definition) is 4. The Morgan fingerprint density at radius 1 is 1.28 bits per heavy atom. The van der Waals surface area contributed by atoms with Gasteiger partial charge in [0.1, 0.15) is 17.3 Å². The minimum atomic E-state index is -0.533. The van der Waals surface area contributed by atoms with E-state index in [1.54, 1.807) is 11.1 Å². The van der Waals surface area contributed by atoms with Gasteiger partial charge in [0.15, 0.2) is 5.96 Å². The fraction of sp³-hybridized carbons (Fsp3) is 0.429. The standard InChI is InChI=1S/C21H27F2N5O/c1-3-24-21(26-13-15-8-10-25-19(12-15)29-4-2)27-16-9-11-28(14-16)20-17(22)6-5-7-18(20)23/h5-8,10,12,16H,3-4,9,11,13-14H2,1-2H3,(H2,24,26,27). The zero-order valence-corrected chi connectivity index (χ0v) is 16.8. The second kappa shape index (κ2) is 10.0. The van der Waals surface area contributed by atoms with Gasteiger partial charge >= 0.3 is 0 Å². The number of pyridine rings is 1. The number of ether oxygens (including phenoxy) is 1. The van der Waals surface area contributed by atoms with Crippen molar-refractivity contribution in [3.63, 3.8) is 0 Å². The zero-order valence-electron chi connectivity index (χ0n) is 16.8. The van der Waals surface area contributed by atoms with E-state index in [0.29, 0.717) is 44.6 Å². The molecule has 3 rings (SSSR count). The Labute approximate surface area is 170 Å². The lowest BCUT2D eigenvalue weighted by Crippen LogP contribution is -2.44. The number of aromatic nitrogens is 1. The number of rotatable bonds is 7. The third kappa shape index (κ3) is 5.56. The summed E-state index contributed by atoms with van der Waals surface area (Å²) in [5, 5.41) is 6.59. The normalized spacial score (nSPS) is 16.8. The fourth-order valence-electron chi connectivity index (χ4n) is 3.33. The number of benzene rings is 1. The number of anilines is 1. The van der Waals surface area contributed by atoms with Crippen molar-refractivity contribution in [2.45, 2.75) is 32.9 Å². The third-order valence-electron chi connectivity index (χ3n) is 4.64. The smallest absolute Gasteiger partial charge is 0.213 e. The first-order valence-electron chi connectivity index (χ1n) is 9.92. The Hall–Kier alpha value is -2.90. The van der Waals surface area contributed by atoms with Gasteiger partial charge in [-0.2, -0.15) is 0 Å². The Bertz CT molecular complexity index is 825. The van der Waals surface area contributed by atoms with Crippen LogP contribution in [-0.2, 0) is 6.54 Å². The van der Waals surface area contributed by atoms with Crippen molar-refractivity contribution in [3.8, 4) is 5.88 Å². The van der Waals surface area contributed by atoms with Crippen LogP contribution in [0.3, 0.4) is 0 Å². The number of para-hydroxylation sites is 1. The van der Waals surface area contributed by atoms with Crippen LogP contribution in [0.1, 0.15) is 25.8 Å².